The fourth-order valence-corrected chi connectivity index (χ4v) is 4.40. The first-order chi connectivity index (χ1) is 15.1. The Labute approximate surface area is 184 Å². The number of anilines is 2. The van der Waals surface area contributed by atoms with E-state index in [4.69, 9.17) is 4.74 Å². The number of carbonyl (C=O) groups excluding carboxylic acids is 2. The van der Waals surface area contributed by atoms with Gasteiger partial charge in [-0.15, -0.1) is 10.2 Å². The first-order valence-electron chi connectivity index (χ1n) is 9.91. The van der Waals surface area contributed by atoms with Crippen molar-refractivity contribution < 1.29 is 14.3 Å². The summed E-state index contributed by atoms with van der Waals surface area (Å²) in [4.78, 5) is 26.8. The first-order valence-corrected chi connectivity index (χ1v) is 10.7. The minimum Gasteiger partial charge on any atom is -0.497 e. The molecule has 7 nitrogen and oxygen atoms in total. The lowest BCUT2D eigenvalue weighted by molar-refractivity contribution is -0.114. The molecule has 0 atom stereocenters. The van der Waals surface area contributed by atoms with Crippen molar-refractivity contribution in [2.75, 3.05) is 23.9 Å². The summed E-state index contributed by atoms with van der Waals surface area (Å²) in [6.45, 7) is 4.19. The van der Waals surface area contributed by atoms with Gasteiger partial charge in [0.05, 0.1) is 7.11 Å². The third-order valence-electron chi connectivity index (χ3n) is 5.14. The lowest BCUT2D eigenvalue weighted by Gasteiger charge is -2.29. The molecule has 0 spiro atoms. The Balaban J connectivity index is 1.49. The molecule has 158 valence electrons. The molecule has 8 heteroatoms. The number of hydrogen-bond donors (Lipinski definition) is 1. The molecule has 0 unspecified atom stereocenters. The van der Waals surface area contributed by atoms with E-state index in [-0.39, 0.29) is 11.8 Å². The van der Waals surface area contributed by atoms with Gasteiger partial charge in [-0.3, -0.25) is 14.9 Å². The lowest BCUT2D eigenvalue weighted by atomic mass is 9.95. The number of benzene rings is 2. The van der Waals surface area contributed by atoms with Crippen molar-refractivity contribution in [3.05, 3.63) is 76.8 Å². The highest BCUT2D eigenvalue weighted by Gasteiger charge is 2.25. The molecule has 1 N–H and O–H groups in total. The second kappa shape index (κ2) is 9.09. The number of methoxy groups -OCH3 is 1. The summed E-state index contributed by atoms with van der Waals surface area (Å²) >= 11 is 1.34. The number of fused-ring (bicyclic) bond motifs is 1. The van der Waals surface area contributed by atoms with Crippen LogP contribution in [0, 0.1) is 0 Å². The fourth-order valence-electron chi connectivity index (χ4n) is 3.63. The average Bonchev–Trinajstić information content (AvgIpc) is 3.24. The van der Waals surface area contributed by atoms with Gasteiger partial charge in [-0.05, 0) is 54.3 Å². The summed E-state index contributed by atoms with van der Waals surface area (Å²) < 4.78 is 5.18. The highest BCUT2D eigenvalue weighted by atomic mass is 32.1. The van der Waals surface area contributed by atoms with Crippen LogP contribution in [0.4, 0.5) is 10.8 Å². The maximum Gasteiger partial charge on any atom is 0.257 e. The monoisotopic (exact) mass is 434 g/mol. The largest absolute Gasteiger partial charge is 0.497 e. The van der Waals surface area contributed by atoms with E-state index in [1.807, 2.05) is 30.3 Å². The van der Waals surface area contributed by atoms with Crippen molar-refractivity contribution in [2.45, 2.75) is 19.3 Å². The van der Waals surface area contributed by atoms with Crippen molar-refractivity contribution in [3.8, 4) is 5.75 Å². The molecule has 0 aliphatic carbocycles. The third-order valence-corrected chi connectivity index (χ3v) is 5.98. The summed E-state index contributed by atoms with van der Waals surface area (Å²) in [7, 11) is 1.63. The molecule has 0 saturated heterocycles. The van der Waals surface area contributed by atoms with E-state index in [0.717, 1.165) is 40.4 Å². The van der Waals surface area contributed by atoms with E-state index in [2.05, 4.69) is 22.1 Å². The molecule has 4 rings (SSSR count). The topological polar surface area (TPSA) is 84.4 Å². The van der Waals surface area contributed by atoms with E-state index in [1.54, 1.807) is 24.1 Å². The number of ether oxygens (including phenoxy) is 1. The van der Waals surface area contributed by atoms with E-state index < -0.39 is 0 Å². The smallest absolute Gasteiger partial charge is 0.257 e. The molecule has 1 aliphatic rings. The average molecular weight is 435 g/mol. The Morgan fingerprint density at radius 1 is 1.23 bits per heavy atom. The van der Waals surface area contributed by atoms with Gasteiger partial charge in [-0.1, -0.05) is 36.1 Å². The van der Waals surface area contributed by atoms with Gasteiger partial charge in [0.1, 0.15) is 10.8 Å². The Morgan fingerprint density at radius 3 is 2.77 bits per heavy atom. The fraction of sp³-hybridized carbons (Fsp3) is 0.217. The Hall–Kier alpha value is -3.52. The molecule has 3 aromatic rings. The van der Waals surface area contributed by atoms with Crippen LogP contribution >= 0.6 is 11.3 Å². The molecule has 0 bridgehead atoms. The lowest BCUT2D eigenvalue weighted by Crippen LogP contribution is -2.35. The molecule has 0 saturated carbocycles. The number of hydrogen-bond acceptors (Lipinski definition) is 6. The maximum absolute atomic E-state index is 13.0. The second-order valence-corrected chi connectivity index (χ2v) is 8.14. The molecule has 0 fully saturated rings. The number of rotatable bonds is 6. The zero-order chi connectivity index (χ0) is 21.8. The van der Waals surface area contributed by atoms with Crippen LogP contribution < -0.4 is 15.0 Å². The second-order valence-electron chi connectivity index (χ2n) is 7.08. The number of aromatic nitrogens is 2. The van der Waals surface area contributed by atoms with Crippen molar-refractivity contribution in [1.29, 1.82) is 0 Å². The predicted molar refractivity (Wildman–Crippen MR) is 121 cm³/mol. The first kappa shape index (κ1) is 20.7. The van der Waals surface area contributed by atoms with Crippen LogP contribution in [0.5, 0.6) is 5.75 Å². The zero-order valence-electron chi connectivity index (χ0n) is 17.1. The summed E-state index contributed by atoms with van der Waals surface area (Å²) in [5.41, 5.74) is 3.26. The van der Waals surface area contributed by atoms with Gasteiger partial charge in [0.15, 0.2) is 0 Å². The van der Waals surface area contributed by atoms with Gasteiger partial charge < -0.3 is 9.64 Å². The minimum atomic E-state index is -0.253. The standard InChI is InChI=1S/C23H22N4O3S/c1-3-21(28)27-13-5-7-17-18(6-4-8-19(17)27)22(29)24-23-26-25-20(31-23)14-15-9-11-16(30-2)12-10-15/h3-4,6,8-12H,1,5,7,13-14H2,2H3,(H,24,26,29). The molecular weight excluding hydrogens is 412 g/mol. The quantitative estimate of drug-likeness (QED) is 0.596. The molecule has 2 heterocycles. The summed E-state index contributed by atoms with van der Waals surface area (Å²) in [6, 6.07) is 13.2. The van der Waals surface area contributed by atoms with Crippen LogP contribution in [0.3, 0.4) is 0 Å². The van der Waals surface area contributed by atoms with Gasteiger partial charge in [-0.25, -0.2) is 0 Å². The molecule has 2 aromatic carbocycles. The van der Waals surface area contributed by atoms with E-state index in [9.17, 15) is 9.59 Å². The summed E-state index contributed by atoms with van der Waals surface area (Å²) in [6.07, 6.45) is 3.45. The molecule has 1 aromatic heterocycles. The van der Waals surface area contributed by atoms with E-state index in [1.165, 1.54) is 17.4 Å². The number of nitrogens with zero attached hydrogens (tertiary/aromatic N) is 3. The van der Waals surface area contributed by atoms with Gasteiger partial charge in [0.25, 0.3) is 5.91 Å². The Kier molecular flexibility index (Phi) is 6.08. The highest BCUT2D eigenvalue weighted by molar-refractivity contribution is 7.15. The molecule has 0 radical (unpaired) electrons. The van der Waals surface area contributed by atoms with E-state index in [0.29, 0.717) is 23.7 Å². The molecule has 31 heavy (non-hydrogen) atoms. The van der Waals surface area contributed by atoms with Crippen LogP contribution in [0.15, 0.2) is 55.1 Å². The third kappa shape index (κ3) is 4.49. The zero-order valence-corrected chi connectivity index (χ0v) is 17.9. The predicted octanol–water partition coefficient (Wildman–Crippen LogP) is 3.86. The van der Waals surface area contributed by atoms with Gasteiger partial charge in [0.2, 0.25) is 11.0 Å². The van der Waals surface area contributed by atoms with Crippen molar-refractivity contribution >= 4 is 34.0 Å². The van der Waals surface area contributed by atoms with Gasteiger partial charge in [-0.2, -0.15) is 0 Å². The number of carbonyl (C=O) groups is 2. The van der Waals surface area contributed by atoms with Crippen LogP contribution in [0.25, 0.3) is 0 Å². The number of amides is 2. The SMILES string of the molecule is C=CC(=O)N1CCCc2c(C(=O)Nc3nnc(Cc4ccc(OC)cc4)s3)cccc21. The van der Waals surface area contributed by atoms with Crippen LogP contribution in [-0.4, -0.2) is 35.7 Å². The maximum atomic E-state index is 13.0. The van der Waals surface area contributed by atoms with Crippen molar-refractivity contribution in [1.82, 2.24) is 10.2 Å². The molecular formula is C23H22N4O3S. The minimum absolute atomic E-state index is 0.161. The Bertz CT molecular complexity index is 1120. The van der Waals surface area contributed by atoms with Crippen molar-refractivity contribution in [3.63, 3.8) is 0 Å². The van der Waals surface area contributed by atoms with Crippen LogP contribution in [0.2, 0.25) is 0 Å². The van der Waals surface area contributed by atoms with Crippen LogP contribution in [0.1, 0.15) is 32.9 Å². The van der Waals surface area contributed by atoms with E-state index >= 15 is 0 Å². The highest BCUT2D eigenvalue weighted by Crippen LogP contribution is 2.31. The number of nitrogens with one attached hydrogen (secondary N) is 1. The van der Waals surface area contributed by atoms with Gasteiger partial charge >= 0.3 is 0 Å². The Morgan fingerprint density at radius 2 is 2.03 bits per heavy atom. The van der Waals surface area contributed by atoms with Crippen LogP contribution in [-0.2, 0) is 17.6 Å². The molecule has 2 amide bonds. The van der Waals surface area contributed by atoms with Gasteiger partial charge in [0, 0.05) is 24.2 Å². The molecule has 1 aliphatic heterocycles. The normalized spacial score (nSPS) is 12.7. The van der Waals surface area contributed by atoms with Crippen molar-refractivity contribution in [2.24, 2.45) is 0 Å². The summed E-state index contributed by atoms with van der Waals surface area (Å²) in [5.74, 6) is 0.385. The summed E-state index contributed by atoms with van der Waals surface area (Å²) in [5, 5.41) is 12.4.